The third-order valence-corrected chi connectivity index (χ3v) is 5.38. The van der Waals surface area contributed by atoms with Crippen LogP contribution in [0.15, 0.2) is 0 Å². The van der Waals surface area contributed by atoms with Crippen LogP contribution in [0.2, 0.25) is 0 Å². The van der Waals surface area contributed by atoms with E-state index in [4.69, 9.17) is 4.74 Å². The highest BCUT2D eigenvalue weighted by molar-refractivity contribution is 7.99. The van der Waals surface area contributed by atoms with Crippen molar-refractivity contribution < 1.29 is 4.74 Å². The quantitative estimate of drug-likeness (QED) is 0.748. The van der Waals surface area contributed by atoms with E-state index in [0.717, 1.165) is 12.5 Å². The Bertz CT molecular complexity index is 223. The molecule has 1 N–H and O–H groups in total. The van der Waals surface area contributed by atoms with E-state index in [2.05, 4.69) is 24.0 Å². The lowest BCUT2D eigenvalue weighted by molar-refractivity contribution is -0.103. The summed E-state index contributed by atoms with van der Waals surface area (Å²) in [5.74, 6) is 3.54. The second kappa shape index (κ2) is 7.76. The first-order valence-electron chi connectivity index (χ1n) is 7.77. The van der Waals surface area contributed by atoms with Crippen LogP contribution in [0.5, 0.6) is 0 Å². The SMILES string of the molecule is CCCNCCCC1CCOC2(CCSCC2)C1. The highest BCUT2D eigenvalue weighted by atomic mass is 32.2. The Morgan fingerprint density at radius 2 is 2.11 bits per heavy atom. The Balaban J connectivity index is 1.66. The standard InChI is InChI=1S/C15H29NOS/c1-2-8-16-9-3-4-14-5-10-17-15(13-14)6-11-18-12-7-15/h14,16H,2-13H2,1H3. The smallest absolute Gasteiger partial charge is 0.0700 e. The van der Waals surface area contributed by atoms with Crippen molar-refractivity contribution in [2.24, 2.45) is 5.92 Å². The van der Waals surface area contributed by atoms with Gasteiger partial charge in [-0.15, -0.1) is 0 Å². The predicted molar refractivity (Wildman–Crippen MR) is 80.4 cm³/mol. The van der Waals surface area contributed by atoms with E-state index in [1.165, 1.54) is 69.5 Å². The van der Waals surface area contributed by atoms with Gasteiger partial charge in [0.25, 0.3) is 0 Å². The normalized spacial score (nSPS) is 27.5. The van der Waals surface area contributed by atoms with Crippen LogP contribution >= 0.6 is 11.8 Å². The zero-order valence-corrected chi connectivity index (χ0v) is 12.7. The molecule has 106 valence electrons. The summed E-state index contributed by atoms with van der Waals surface area (Å²) >= 11 is 2.10. The summed E-state index contributed by atoms with van der Waals surface area (Å²) in [5, 5.41) is 3.51. The van der Waals surface area contributed by atoms with Crippen LogP contribution in [0.4, 0.5) is 0 Å². The molecule has 0 aliphatic carbocycles. The molecule has 0 bridgehead atoms. The molecule has 2 rings (SSSR count). The van der Waals surface area contributed by atoms with Crippen LogP contribution in [0.25, 0.3) is 0 Å². The van der Waals surface area contributed by atoms with Crippen molar-refractivity contribution in [1.29, 1.82) is 0 Å². The van der Waals surface area contributed by atoms with Gasteiger partial charge < -0.3 is 10.1 Å². The highest BCUT2D eigenvalue weighted by Gasteiger charge is 2.38. The average Bonchev–Trinajstić information content (AvgIpc) is 2.40. The van der Waals surface area contributed by atoms with Gasteiger partial charge in [0.05, 0.1) is 5.60 Å². The maximum absolute atomic E-state index is 6.15. The van der Waals surface area contributed by atoms with Crippen molar-refractivity contribution in [3.05, 3.63) is 0 Å². The molecule has 2 aliphatic heterocycles. The van der Waals surface area contributed by atoms with E-state index in [0.29, 0.717) is 0 Å². The fourth-order valence-corrected chi connectivity index (χ4v) is 4.52. The highest BCUT2D eigenvalue weighted by Crippen LogP contribution is 2.40. The zero-order chi connectivity index (χ0) is 12.7. The van der Waals surface area contributed by atoms with Crippen LogP contribution < -0.4 is 5.32 Å². The van der Waals surface area contributed by atoms with Gasteiger partial charge in [0, 0.05) is 6.61 Å². The Morgan fingerprint density at radius 3 is 2.89 bits per heavy atom. The molecule has 1 atom stereocenters. The minimum Gasteiger partial charge on any atom is -0.375 e. The maximum Gasteiger partial charge on any atom is 0.0700 e. The van der Waals surface area contributed by atoms with Gasteiger partial charge in [-0.05, 0) is 75.5 Å². The first-order valence-corrected chi connectivity index (χ1v) is 8.92. The summed E-state index contributed by atoms with van der Waals surface area (Å²) in [4.78, 5) is 0. The molecule has 0 aromatic carbocycles. The van der Waals surface area contributed by atoms with Gasteiger partial charge in [-0.3, -0.25) is 0 Å². The Kier molecular flexibility index (Phi) is 6.33. The number of rotatable bonds is 6. The van der Waals surface area contributed by atoms with Crippen LogP contribution in [-0.4, -0.2) is 36.8 Å². The second-order valence-electron chi connectivity index (χ2n) is 5.89. The van der Waals surface area contributed by atoms with E-state index >= 15 is 0 Å². The number of nitrogens with one attached hydrogen (secondary N) is 1. The number of ether oxygens (including phenoxy) is 1. The summed E-state index contributed by atoms with van der Waals surface area (Å²) < 4.78 is 6.15. The third-order valence-electron chi connectivity index (χ3n) is 4.39. The van der Waals surface area contributed by atoms with Gasteiger partial charge in [0.15, 0.2) is 0 Å². The van der Waals surface area contributed by atoms with Crippen molar-refractivity contribution in [2.75, 3.05) is 31.2 Å². The van der Waals surface area contributed by atoms with Gasteiger partial charge in [-0.1, -0.05) is 6.92 Å². The lowest BCUT2D eigenvalue weighted by atomic mass is 9.80. The summed E-state index contributed by atoms with van der Waals surface area (Å²) in [7, 11) is 0. The molecule has 0 saturated carbocycles. The lowest BCUT2D eigenvalue weighted by Crippen LogP contribution is -2.42. The van der Waals surface area contributed by atoms with E-state index in [1.807, 2.05) is 0 Å². The van der Waals surface area contributed by atoms with Crippen LogP contribution in [-0.2, 0) is 4.74 Å². The van der Waals surface area contributed by atoms with E-state index < -0.39 is 0 Å². The molecule has 2 nitrogen and oxygen atoms in total. The molecule has 3 heteroatoms. The van der Waals surface area contributed by atoms with Gasteiger partial charge in [0.1, 0.15) is 0 Å². The van der Waals surface area contributed by atoms with Gasteiger partial charge >= 0.3 is 0 Å². The largest absolute Gasteiger partial charge is 0.375 e. The number of thioether (sulfide) groups is 1. The summed E-state index contributed by atoms with van der Waals surface area (Å²) in [6, 6.07) is 0. The van der Waals surface area contributed by atoms with E-state index in [-0.39, 0.29) is 5.60 Å². The molecule has 18 heavy (non-hydrogen) atoms. The summed E-state index contributed by atoms with van der Waals surface area (Å²) in [6.45, 7) is 5.62. The Labute approximate surface area is 117 Å². The van der Waals surface area contributed by atoms with Gasteiger partial charge in [0.2, 0.25) is 0 Å². The zero-order valence-electron chi connectivity index (χ0n) is 11.9. The topological polar surface area (TPSA) is 21.3 Å². The molecule has 0 aromatic heterocycles. The van der Waals surface area contributed by atoms with Gasteiger partial charge in [-0.25, -0.2) is 0 Å². The van der Waals surface area contributed by atoms with E-state index in [1.54, 1.807) is 0 Å². The fourth-order valence-electron chi connectivity index (χ4n) is 3.28. The molecule has 2 aliphatic rings. The van der Waals surface area contributed by atoms with Crippen molar-refractivity contribution in [3.8, 4) is 0 Å². The molecular weight excluding hydrogens is 242 g/mol. The predicted octanol–water partition coefficient (Wildman–Crippen LogP) is 3.46. The molecule has 1 spiro atoms. The van der Waals surface area contributed by atoms with Gasteiger partial charge in [-0.2, -0.15) is 11.8 Å². The number of hydrogen-bond acceptors (Lipinski definition) is 3. The monoisotopic (exact) mass is 271 g/mol. The van der Waals surface area contributed by atoms with Crippen LogP contribution in [0.3, 0.4) is 0 Å². The second-order valence-corrected chi connectivity index (χ2v) is 7.12. The molecule has 2 fully saturated rings. The minimum atomic E-state index is 0.283. The third kappa shape index (κ3) is 4.43. The first kappa shape index (κ1) is 14.7. The van der Waals surface area contributed by atoms with Crippen molar-refractivity contribution >= 4 is 11.8 Å². The lowest BCUT2D eigenvalue weighted by Gasteiger charge is -2.43. The molecule has 2 saturated heterocycles. The molecule has 0 radical (unpaired) electrons. The van der Waals surface area contributed by atoms with Crippen molar-refractivity contribution in [3.63, 3.8) is 0 Å². The molecular formula is C15H29NOS. The van der Waals surface area contributed by atoms with E-state index in [9.17, 15) is 0 Å². The molecule has 0 aromatic rings. The first-order chi connectivity index (χ1) is 8.85. The van der Waals surface area contributed by atoms with Crippen molar-refractivity contribution in [2.45, 2.75) is 57.5 Å². The summed E-state index contributed by atoms with van der Waals surface area (Å²) in [6.07, 6.45) is 9.21. The fraction of sp³-hybridized carbons (Fsp3) is 1.00. The molecule has 1 unspecified atom stereocenters. The average molecular weight is 271 g/mol. The molecule has 0 amide bonds. The summed E-state index contributed by atoms with van der Waals surface area (Å²) in [5.41, 5.74) is 0.283. The van der Waals surface area contributed by atoms with Crippen LogP contribution in [0.1, 0.15) is 51.9 Å². The Morgan fingerprint density at radius 1 is 1.28 bits per heavy atom. The maximum atomic E-state index is 6.15. The molecule has 2 heterocycles. The van der Waals surface area contributed by atoms with Crippen LogP contribution in [0, 0.1) is 5.92 Å². The minimum absolute atomic E-state index is 0.283. The van der Waals surface area contributed by atoms with Crippen molar-refractivity contribution in [1.82, 2.24) is 5.32 Å². The Hall–Kier alpha value is 0.270. The number of hydrogen-bond donors (Lipinski definition) is 1.